The SMILES string of the molecule is [C-]#[N+]c1cnc(N)nc1N[C@@H](C)c1cc2cccc(-c3ccc(=O)n(CC4CC4)c3)c2c(=O)n1-c1ccccc1. The molecule has 0 radical (unpaired) electrons. The van der Waals surface area contributed by atoms with Crippen LogP contribution in [0.4, 0.5) is 17.5 Å². The molecule has 0 spiro atoms. The second kappa shape index (κ2) is 10.2. The minimum absolute atomic E-state index is 0.0380. The summed E-state index contributed by atoms with van der Waals surface area (Å²) in [4.78, 5) is 38.6. The quantitative estimate of drug-likeness (QED) is 0.276. The van der Waals surface area contributed by atoms with Gasteiger partial charge in [0.05, 0.1) is 18.0 Å². The molecule has 3 heterocycles. The van der Waals surface area contributed by atoms with Gasteiger partial charge in [-0.2, -0.15) is 0 Å². The van der Waals surface area contributed by atoms with Crippen molar-refractivity contribution < 1.29 is 0 Å². The van der Waals surface area contributed by atoms with E-state index in [1.165, 1.54) is 6.20 Å². The number of pyridine rings is 2. The first kappa shape index (κ1) is 25.1. The van der Waals surface area contributed by atoms with E-state index in [9.17, 15) is 9.59 Å². The van der Waals surface area contributed by atoms with E-state index in [4.69, 9.17) is 12.3 Å². The fraction of sp³-hybridized carbons (Fsp3) is 0.194. The molecule has 40 heavy (non-hydrogen) atoms. The molecule has 198 valence electrons. The van der Waals surface area contributed by atoms with E-state index in [-0.39, 0.29) is 22.8 Å². The van der Waals surface area contributed by atoms with E-state index in [1.54, 1.807) is 21.3 Å². The van der Waals surface area contributed by atoms with Crippen LogP contribution in [0.15, 0.2) is 88.7 Å². The van der Waals surface area contributed by atoms with Crippen molar-refractivity contribution in [3.05, 3.63) is 117 Å². The van der Waals surface area contributed by atoms with Gasteiger partial charge in [0.1, 0.15) is 5.82 Å². The number of benzene rings is 2. The lowest BCUT2D eigenvalue weighted by Gasteiger charge is -2.22. The Labute approximate surface area is 230 Å². The lowest BCUT2D eigenvalue weighted by atomic mass is 9.98. The van der Waals surface area contributed by atoms with Crippen molar-refractivity contribution in [1.82, 2.24) is 19.1 Å². The first-order chi connectivity index (χ1) is 19.4. The van der Waals surface area contributed by atoms with Crippen molar-refractivity contribution in [2.45, 2.75) is 32.4 Å². The molecule has 1 fully saturated rings. The van der Waals surface area contributed by atoms with E-state index >= 15 is 0 Å². The largest absolute Gasteiger partial charge is 0.371 e. The first-order valence-electron chi connectivity index (χ1n) is 13.1. The average molecular weight is 530 g/mol. The minimum Gasteiger partial charge on any atom is -0.371 e. The van der Waals surface area contributed by atoms with Gasteiger partial charge in [-0.15, -0.1) is 0 Å². The number of hydrogen-bond donors (Lipinski definition) is 2. The maximum absolute atomic E-state index is 14.4. The molecular weight excluding hydrogens is 502 g/mol. The van der Waals surface area contributed by atoms with Gasteiger partial charge in [0.2, 0.25) is 11.6 Å². The van der Waals surface area contributed by atoms with E-state index in [0.717, 1.165) is 29.4 Å². The lowest BCUT2D eigenvalue weighted by molar-refractivity contribution is 0.607. The molecule has 6 rings (SSSR count). The maximum Gasteiger partial charge on any atom is 0.263 e. The molecule has 0 saturated heterocycles. The normalized spacial score (nSPS) is 13.6. The summed E-state index contributed by atoms with van der Waals surface area (Å²) >= 11 is 0. The number of aromatic nitrogens is 4. The third kappa shape index (κ3) is 4.71. The van der Waals surface area contributed by atoms with Crippen LogP contribution < -0.4 is 22.2 Å². The zero-order valence-corrected chi connectivity index (χ0v) is 21.9. The fourth-order valence-corrected chi connectivity index (χ4v) is 5.05. The van der Waals surface area contributed by atoms with Crippen LogP contribution in [0.3, 0.4) is 0 Å². The van der Waals surface area contributed by atoms with E-state index < -0.39 is 6.04 Å². The van der Waals surface area contributed by atoms with Crippen molar-refractivity contribution >= 4 is 28.2 Å². The van der Waals surface area contributed by atoms with Crippen LogP contribution in [0, 0.1) is 12.5 Å². The molecule has 0 aliphatic heterocycles. The topological polar surface area (TPSA) is 112 Å². The molecule has 0 amide bonds. The summed E-state index contributed by atoms with van der Waals surface area (Å²) in [7, 11) is 0. The number of rotatable bonds is 7. The molecule has 0 unspecified atom stereocenters. The van der Waals surface area contributed by atoms with Gasteiger partial charge in [0.15, 0.2) is 0 Å². The van der Waals surface area contributed by atoms with E-state index in [2.05, 4.69) is 20.1 Å². The standard InChI is InChI=1S/C31H27N7O2/c1-19(35-29-25(33-2)16-34-31(32)36-29)26-15-21-7-6-10-24(22-13-14-27(39)37(18-22)17-20-11-12-20)28(21)30(40)38(26)23-8-4-3-5-9-23/h3-10,13-16,18-20H,11-12,17H2,1H3,(H3,32,34,35,36)/t19-/m0/s1. The highest BCUT2D eigenvalue weighted by Gasteiger charge is 2.23. The van der Waals surface area contributed by atoms with Crippen LogP contribution in [0.5, 0.6) is 0 Å². The summed E-state index contributed by atoms with van der Waals surface area (Å²) in [6, 6.07) is 20.1. The number of anilines is 2. The van der Waals surface area contributed by atoms with Gasteiger partial charge in [-0.25, -0.2) is 14.8 Å². The molecule has 0 bridgehead atoms. The number of nitrogen functional groups attached to an aromatic ring is 1. The number of nitrogens with two attached hydrogens (primary N) is 1. The first-order valence-corrected chi connectivity index (χ1v) is 13.1. The Morgan fingerprint density at radius 2 is 1.90 bits per heavy atom. The van der Waals surface area contributed by atoms with Gasteiger partial charge < -0.3 is 15.6 Å². The summed E-state index contributed by atoms with van der Waals surface area (Å²) in [6.45, 7) is 10.1. The van der Waals surface area contributed by atoms with Gasteiger partial charge >= 0.3 is 0 Å². The van der Waals surface area contributed by atoms with E-state index in [0.29, 0.717) is 35.0 Å². The molecule has 9 heteroatoms. The highest BCUT2D eigenvalue weighted by molar-refractivity contribution is 5.96. The second-order valence-electron chi connectivity index (χ2n) is 10.1. The molecule has 3 N–H and O–H groups in total. The molecule has 1 aliphatic carbocycles. The number of nitrogens with one attached hydrogen (secondary N) is 1. The second-order valence-corrected chi connectivity index (χ2v) is 10.1. The monoisotopic (exact) mass is 529 g/mol. The van der Waals surface area contributed by atoms with Crippen molar-refractivity contribution in [2.75, 3.05) is 11.1 Å². The van der Waals surface area contributed by atoms with Gasteiger partial charge in [-0.3, -0.25) is 14.2 Å². The summed E-state index contributed by atoms with van der Waals surface area (Å²) in [6.07, 6.45) is 5.52. The maximum atomic E-state index is 14.4. The van der Waals surface area contributed by atoms with Crippen LogP contribution in [-0.4, -0.2) is 19.1 Å². The Morgan fingerprint density at radius 1 is 1.10 bits per heavy atom. The summed E-state index contributed by atoms with van der Waals surface area (Å²) < 4.78 is 3.44. The van der Waals surface area contributed by atoms with Gasteiger partial charge in [0, 0.05) is 36.4 Å². The van der Waals surface area contributed by atoms with E-state index in [1.807, 2.05) is 67.7 Å². The van der Waals surface area contributed by atoms with Gasteiger partial charge in [-0.05, 0) is 66.5 Å². The molecule has 5 aromatic rings. The van der Waals surface area contributed by atoms with Crippen LogP contribution >= 0.6 is 0 Å². The highest BCUT2D eigenvalue weighted by atomic mass is 16.1. The van der Waals surface area contributed by atoms with Crippen molar-refractivity contribution in [1.29, 1.82) is 0 Å². The molecule has 3 aromatic heterocycles. The van der Waals surface area contributed by atoms with Crippen LogP contribution in [0.25, 0.3) is 32.4 Å². The average Bonchev–Trinajstić information content (AvgIpc) is 3.78. The Hall–Kier alpha value is -5.23. The summed E-state index contributed by atoms with van der Waals surface area (Å²) in [5.41, 5.74) is 8.79. The minimum atomic E-state index is -0.420. The smallest absolute Gasteiger partial charge is 0.263 e. The van der Waals surface area contributed by atoms with Crippen LogP contribution in [0.2, 0.25) is 0 Å². The Bertz CT molecular complexity index is 1900. The Balaban J connectivity index is 1.54. The molecule has 9 nitrogen and oxygen atoms in total. The third-order valence-corrected chi connectivity index (χ3v) is 7.24. The Kier molecular flexibility index (Phi) is 6.36. The van der Waals surface area contributed by atoms with Crippen molar-refractivity contribution in [2.24, 2.45) is 5.92 Å². The van der Waals surface area contributed by atoms with Gasteiger partial charge in [-0.1, -0.05) is 36.4 Å². The van der Waals surface area contributed by atoms with Crippen LogP contribution in [0.1, 0.15) is 31.5 Å². The zero-order valence-electron chi connectivity index (χ0n) is 21.9. The number of hydrogen-bond acceptors (Lipinski definition) is 6. The number of fused-ring (bicyclic) bond motifs is 1. The third-order valence-electron chi connectivity index (χ3n) is 7.24. The summed E-state index contributed by atoms with van der Waals surface area (Å²) in [5.74, 6) is 0.892. The molecule has 1 atom stereocenters. The van der Waals surface area contributed by atoms with Crippen molar-refractivity contribution in [3.63, 3.8) is 0 Å². The number of nitrogens with zero attached hydrogens (tertiary/aromatic N) is 5. The fourth-order valence-electron chi connectivity index (χ4n) is 5.05. The number of para-hydroxylation sites is 1. The lowest BCUT2D eigenvalue weighted by Crippen LogP contribution is -2.26. The molecule has 1 aliphatic rings. The molecule has 2 aromatic carbocycles. The summed E-state index contributed by atoms with van der Waals surface area (Å²) in [5, 5.41) is 4.59. The molecular formula is C31H27N7O2. The molecule has 1 saturated carbocycles. The Morgan fingerprint density at radius 3 is 2.65 bits per heavy atom. The van der Waals surface area contributed by atoms with Gasteiger partial charge in [0.25, 0.3) is 11.1 Å². The predicted molar refractivity (Wildman–Crippen MR) is 157 cm³/mol. The zero-order chi connectivity index (χ0) is 27.8. The van der Waals surface area contributed by atoms with Crippen LogP contribution in [-0.2, 0) is 6.54 Å². The predicted octanol–water partition coefficient (Wildman–Crippen LogP) is 5.33. The van der Waals surface area contributed by atoms with Crippen molar-refractivity contribution in [3.8, 4) is 16.8 Å². The highest BCUT2D eigenvalue weighted by Crippen LogP contribution is 2.33.